The van der Waals surface area contributed by atoms with E-state index in [0.717, 1.165) is 74.1 Å². The van der Waals surface area contributed by atoms with Crippen LogP contribution in [0.1, 0.15) is 12.0 Å². The predicted molar refractivity (Wildman–Crippen MR) is 120 cm³/mol. The molecule has 0 unspecified atom stereocenters. The fourth-order valence-corrected chi connectivity index (χ4v) is 3.41. The van der Waals surface area contributed by atoms with Gasteiger partial charge >= 0.3 is 0 Å². The Bertz CT molecular complexity index is 940. The van der Waals surface area contributed by atoms with Crippen molar-refractivity contribution in [2.24, 2.45) is 0 Å². The van der Waals surface area contributed by atoms with Crippen molar-refractivity contribution in [3.05, 3.63) is 60.4 Å². The van der Waals surface area contributed by atoms with E-state index in [4.69, 9.17) is 4.74 Å². The molecule has 1 aliphatic rings. The van der Waals surface area contributed by atoms with E-state index in [1.165, 1.54) is 0 Å². The second-order valence-corrected chi connectivity index (χ2v) is 7.37. The van der Waals surface area contributed by atoms with E-state index in [0.29, 0.717) is 5.95 Å². The van der Waals surface area contributed by atoms with Crippen LogP contribution in [-0.4, -0.2) is 59.2 Å². The second kappa shape index (κ2) is 10.1. The lowest BCUT2D eigenvalue weighted by Crippen LogP contribution is -2.37. The number of hydrogen-bond acceptors (Lipinski definition) is 7. The smallest absolute Gasteiger partial charge is 0.227 e. The molecule has 0 spiro atoms. The van der Waals surface area contributed by atoms with E-state index in [9.17, 15) is 0 Å². The van der Waals surface area contributed by atoms with Crippen LogP contribution < -0.4 is 10.6 Å². The molecule has 2 aromatic heterocycles. The quantitative estimate of drug-likeness (QED) is 0.554. The van der Waals surface area contributed by atoms with E-state index in [1.807, 2.05) is 42.6 Å². The van der Waals surface area contributed by atoms with Gasteiger partial charge in [-0.05, 0) is 49.7 Å². The normalized spacial score (nSPS) is 14.4. The number of nitrogens with zero attached hydrogens (tertiary/aromatic N) is 4. The van der Waals surface area contributed by atoms with Gasteiger partial charge < -0.3 is 15.4 Å². The van der Waals surface area contributed by atoms with E-state index in [-0.39, 0.29) is 0 Å². The first kappa shape index (κ1) is 20.3. The first-order chi connectivity index (χ1) is 14.8. The summed E-state index contributed by atoms with van der Waals surface area (Å²) in [5, 5.41) is 6.69. The number of morpholine rings is 1. The van der Waals surface area contributed by atoms with Crippen LogP contribution >= 0.6 is 0 Å². The molecule has 156 valence electrons. The third-order valence-corrected chi connectivity index (χ3v) is 5.17. The molecule has 0 aliphatic carbocycles. The highest BCUT2D eigenvalue weighted by Crippen LogP contribution is 2.21. The number of aryl methyl sites for hydroxylation is 1. The summed E-state index contributed by atoms with van der Waals surface area (Å²) >= 11 is 0. The van der Waals surface area contributed by atoms with Crippen molar-refractivity contribution in [3.8, 4) is 11.3 Å². The van der Waals surface area contributed by atoms with Crippen LogP contribution in [-0.2, 0) is 4.74 Å². The van der Waals surface area contributed by atoms with Gasteiger partial charge in [0.25, 0.3) is 0 Å². The first-order valence-electron chi connectivity index (χ1n) is 10.4. The average Bonchev–Trinajstić information content (AvgIpc) is 2.80. The molecule has 0 bridgehead atoms. The van der Waals surface area contributed by atoms with Crippen molar-refractivity contribution in [2.45, 2.75) is 13.3 Å². The molecule has 4 rings (SSSR count). The molecule has 3 aromatic rings. The fraction of sp³-hybridized carbons (Fsp3) is 0.348. The van der Waals surface area contributed by atoms with Gasteiger partial charge in [-0.3, -0.25) is 4.90 Å². The minimum absolute atomic E-state index is 0.576. The summed E-state index contributed by atoms with van der Waals surface area (Å²) < 4.78 is 5.38. The minimum atomic E-state index is 0.576. The summed E-state index contributed by atoms with van der Waals surface area (Å²) in [4.78, 5) is 16.0. The molecule has 30 heavy (non-hydrogen) atoms. The standard InChI is InChI=1S/C23H28N6O/c1-18-5-2-3-6-20(18)27-23-25-11-9-21(28-23)19-7-8-22(26-17-19)24-10-4-12-29-13-15-30-16-14-29/h2-3,5-9,11,17H,4,10,12-16H2,1H3,(H,24,26)(H,25,27,28). The van der Waals surface area contributed by atoms with Crippen LogP contribution in [0.15, 0.2) is 54.9 Å². The molecule has 1 fully saturated rings. The Kier molecular flexibility index (Phi) is 6.84. The van der Waals surface area contributed by atoms with Gasteiger partial charge in [-0.15, -0.1) is 0 Å². The van der Waals surface area contributed by atoms with Crippen molar-refractivity contribution >= 4 is 17.5 Å². The molecular formula is C23H28N6O. The molecular weight excluding hydrogens is 376 g/mol. The molecule has 2 N–H and O–H groups in total. The molecule has 7 heteroatoms. The second-order valence-electron chi connectivity index (χ2n) is 7.37. The minimum Gasteiger partial charge on any atom is -0.379 e. The largest absolute Gasteiger partial charge is 0.379 e. The molecule has 0 amide bonds. The Morgan fingerprint density at radius 2 is 1.90 bits per heavy atom. The molecule has 1 aliphatic heterocycles. The lowest BCUT2D eigenvalue weighted by molar-refractivity contribution is 0.0378. The number of aromatic nitrogens is 3. The van der Waals surface area contributed by atoms with Crippen molar-refractivity contribution in [3.63, 3.8) is 0 Å². The number of ether oxygens (including phenoxy) is 1. The molecule has 0 radical (unpaired) electrons. The van der Waals surface area contributed by atoms with Crippen LogP contribution in [0.5, 0.6) is 0 Å². The van der Waals surface area contributed by atoms with Gasteiger partial charge in [-0.1, -0.05) is 18.2 Å². The van der Waals surface area contributed by atoms with Crippen LogP contribution in [0.4, 0.5) is 17.5 Å². The van der Waals surface area contributed by atoms with Crippen molar-refractivity contribution < 1.29 is 4.74 Å². The van der Waals surface area contributed by atoms with Gasteiger partial charge in [0.2, 0.25) is 5.95 Å². The Labute approximate surface area is 177 Å². The summed E-state index contributed by atoms with van der Waals surface area (Å²) in [5.74, 6) is 1.46. The van der Waals surface area contributed by atoms with Gasteiger partial charge in [-0.25, -0.2) is 15.0 Å². The highest BCUT2D eigenvalue weighted by molar-refractivity contribution is 5.63. The maximum atomic E-state index is 5.38. The lowest BCUT2D eigenvalue weighted by Gasteiger charge is -2.26. The summed E-state index contributed by atoms with van der Waals surface area (Å²) in [7, 11) is 0. The number of benzene rings is 1. The monoisotopic (exact) mass is 404 g/mol. The van der Waals surface area contributed by atoms with Crippen LogP contribution in [0.25, 0.3) is 11.3 Å². The Morgan fingerprint density at radius 3 is 2.70 bits per heavy atom. The van der Waals surface area contributed by atoms with Crippen molar-refractivity contribution in [1.29, 1.82) is 0 Å². The van der Waals surface area contributed by atoms with Crippen LogP contribution in [0.2, 0.25) is 0 Å². The number of hydrogen-bond donors (Lipinski definition) is 2. The molecule has 0 saturated carbocycles. The van der Waals surface area contributed by atoms with Crippen LogP contribution in [0.3, 0.4) is 0 Å². The van der Waals surface area contributed by atoms with Gasteiger partial charge in [0.1, 0.15) is 5.82 Å². The van der Waals surface area contributed by atoms with E-state index in [1.54, 1.807) is 6.20 Å². The zero-order valence-electron chi connectivity index (χ0n) is 17.3. The van der Waals surface area contributed by atoms with Gasteiger partial charge in [0.15, 0.2) is 0 Å². The number of nitrogens with one attached hydrogen (secondary N) is 2. The summed E-state index contributed by atoms with van der Waals surface area (Å²) in [6, 6.07) is 14.0. The zero-order valence-corrected chi connectivity index (χ0v) is 17.3. The highest BCUT2D eigenvalue weighted by atomic mass is 16.5. The highest BCUT2D eigenvalue weighted by Gasteiger charge is 2.09. The van der Waals surface area contributed by atoms with E-state index >= 15 is 0 Å². The fourth-order valence-electron chi connectivity index (χ4n) is 3.41. The predicted octanol–water partition coefficient (Wildman–Crippen LogP) is 3.72. The third kappa shape index (κ3) is 5.52. The molecule has 1 saturated heterocycles. The number of anilines is 3. The first-order valence-corrected chi connectivity index (χ1v) is 10.4. The molecule has 3 heterocycles. The topological polar surface area (TPSA) is 75.2 Å². The van der Waals surface area contributed by atoms with Crippen molar-refractivity contribution in [1.82, 2.24) is 19.9 Å². The molecule has 0 atom stereocenters. The van der Waals surface area contributed by atoms with Crippen molar-refractivity contribution in [2.75, 3.05) is 50.0 Å². The Balaban J connectivity index is 1.31. The maximum Gasteiger partial charge on any atom is 0.227 e. The van der Waals surface area contributed by atoms with Crippen LogP contribution in [0, 0.1) is 6.92 Å². The summed E-state index contributed by atoms with van der Waals surface area (Å²) in [6.45, 7) is 7.82. The lowest BCUT2D eigenvalue weighted by atomic mass is 10.2. The SMILES string of the molecule is Cc1ccccc1Nc1nccc(-c2ccc(NCCCN3CCOCC3)nc2)n1. The number of rotatable bonds is 8. The summed E-state index contributed by atoms with van der Waals surface area (Å²) in [6.07, 6.45) is 4.70. The number of pyridine rings is 1. The Hall–Kier alpha value is -3.03. The van der Waals surface area contributed by atoms with Gasteiger partial charge in [0, 0.05) is 43.3 Å². The zero-order chi connectivity index (χ0) is 20.6. The van der Waals surface area contributed by atoms with Gasteiger partial charge in [-0.2, -0.15) is 0 Å². The Morgan fingerprint density at radius 1 is 1.03 bits per heavy atom. The average molecular weight is 405 g/mol. The van der Waals surface area contributed by atoms with E-state index in [2.05, 4.69) is 43.5 Å². The summed E-state index contributed by atoms with van der Waals surface area (Å²) in [5.41, 5.74) is 3.96. The molecule has 7 nitrogen and oxygen atoms in total. The third-order valence-electron chi connectivity index (χ3n) is 5.17. The molecule has 1 aromatic carbocycles. The van der Waals surface area contributed by atoms with Gasteiger partial charge in [0.05, 0.1) is 18.9 Å². The van der Waals surface area contributed by atoms with E-state index < -0.39 is 0 Å². The maximum absolute atomic E-state index is 5.38. The number of para-hydroxylation sites is 1.